The fourth-order valence-electron chi connectivity index (χ4n) is 1.17. The maximum Gasteiger partial charge on any atom is 0.259 e. The van der Waals surface area contributed by atoms with Crippen molar-refractivity contribution in [1.29, 1.82) is 0 Å². The minimum atomic E-state index is -3.78. The van der Waals surface area contributed by atoms with Crippen molar-refractivity contribution in [3.8, 4) is 0 Å². The quantitative estimate of drug-likeness (QED) is 0.526. The number of sulfonamides is 1. The Balaban J connectivity index is 2.45. The minimum Gasteiger partial charge on any atom is -0.375 e. The lowest BCUT2D eigenvalue weighted by atomic mass is 10.3. The number of fused-ring (bicyclic) bond motifs is 1. The first-order chi connectivity index (χ1) is 8.00. The van der Waals surface area contributed by atoms with Crippen LogP contribution in [0, 0.1) is 0 Å². The van der Waals surface area contributed by atoms with Gasteiger partial charge in [-0.3, -0.25) is 5.43 Å². The first-order valence-electron chi connectivity index (χ1n) is 4.29. The van der Waals surface area contributed by atoms with Crippen LogP contribution in [-0.4, -0.2) is 22.3 Å². The normalized spacial score (nSPS) is 11.5. The van der Waals surface area contributed by atoms with E-state index in [1.54, 1.807) is 12.1 Å². The summed E-state index contributed by atoms with van der Waals surface area (Å²) in [6.07, 6.45) is 0. The van der Waals surface area contributed by atoms with E-state index in [4.69, 9.17) is 5.73 Å². The van der Waals surface area contributed by atoms with Gasteiger partial charge in [-0.1, -0.05) is 6.07 Å². The second kappa shape index (κ2) is 4.49. The summed E-state index contributed by atoms with van der Waals surface area (Å²) in [5, 5.41) is -0.169. The van der Waals surface area contributed by atoms with Crippen LogP contribution in [0.1, 0.15) is 0 Å². The largest absolute Gasteiger partial charge is 0.375 e. The van der Waals surface area contributed by atoms with Crippen molar-refractivity contribution in [2.45, 2.75) is 4.90 Å². The molecule has 10 heteroatoms. The summed E-state index contributed by atoms with van der Waals surface area (Å²) < 4.78 is 31.7. The second-order valence-electron chi connectivity index (χ2n) is 2.98. The highest BCUT2D eigenvalue weighted by atomic mass is 32.2. The van der Waals surface area contributed by atoms with E-state index in [2.05, 4.69) is 26.4 Å². The van der Waals surface area contributed by atoms with Crippen molar-refractivity contribution in [3.05, 3.63) is 18.2 Å². The number of hydrogen-bond acceptors (Lipinski definition) is 6. The average molecular weight is 289 g/mol. The van der Waals surface area contributed by atoms with E-state index >= 15 is 0 Å². The molecule has 1 aromatic carbocycles. The van der Waals surface area contributed by atoms with Gasteiger partial charge in [0.05, 0.1) is 11.7 Å². The summed E-state index contributed by atoms with van der Waals surface area (Å²) in [6, 6.07) is 4.69. The van der Waals surface area contributed by atoms with E-state index in [1.807, 2.05) is 4.83 Å². The highest BCUT2D eigenvalue weighted by Gasteiger charge is 2.19. The number of nitrogens with two attached hydrogens (primary N) is 1. The number of rotatable bonds is 3. The standard InChI is InChI=1S/C7H7N5O2S3/c8-7(15)9-12-17(13,14)5-3-1-2-4-6(5)11-16-10-4/h1-3,12H,(H3,8,9,15). The van der Waals surface area contributed by atoms with Crippen LogP contribution in [-0.2, 0) is 10.0 Å². The molecule has 0 aliphatic carbocycles. The topological polar surface area (TPSA) is 110 Å². The van der Waals surface area contributed by atoms with Crippen LogP contribution in [0.15, 0.2) is 23.1 Å². The zero-order valence-electron chi connectivity index (χ0n) is 8.25. The average Bonchev–Trinajstić information content (AvgIpc) is 2.74. The van der Waals surface area contributed by atoms with Gasteiger partial charge < -0.3 is 5.73 Å². The monoisotopic (exact) mass is 289 g/mol. The number of aromatic nitrogens is 2. The lowest BCUT2D eigenvalue weighted by Crippen LogP contribution is -2.44. The van der Waals surface area contributed by atoms with Gasteiger partial charge in [0.15, 0.2) is 5.11 Å². The number of hydrogen-bond donors (Lipinski definition) is 3. The molecule has 0 spiro atoms. The highest BCUT2D eigenvalue weighted by molar-refractivity contribution is 7.89. The van der Waals surface area contributed by atoms with Gasteiger partial charge in [0.25, 0.3) is 10.0 Å². The van der Waals surface area contributed by atoms with E-state index < -0.39 is 10.0 Å². The van der Waals surface area contributed by atoms with Gasteiger partial charge in [0, 0.05) is 0 Å². The molecule has 0 bridgehead atoms. The van der Waals surface area contributed by atoms with Crippen LogP contribution in [0.4, 0.5) is 0 Å². The summed E-state index contributed by atoms with van der Waals surface area (Å²) >= 11 is 5.45. The summed E-state index contributed by atoms with van der Waals surface area (Å²) in [5.74, 6) is 0. The molecule has 1 heterocycles. The Morgan fingerprint density at radius 2 is 2.18 bits per heavy atom. The number of thiocarbonyl (C=S) groups is 1. The Morgan fingerprint density at radius 1 is 1.41 bits per heavy atom. The molecule has 0 unspecified atom stereocenters. The van der Waals surface area contributed by atoms with E-state index in [0.717, 1.165) is 11.7 Å². The summed E-state index contributed by atoms with van der Waals surface area (Å²) in [4.78, 5) is 2.07. The van der Waals surface area contributed by atoms with Gasteiger partial charge >= 0.3 is 0 Å². The molecule has 2 aromatic rings. The van der Waals surface area contributed by atoms with E-state index in [0.29, 0.717) is 11.0 Å². The number of nitrogens with zero attached hydrogens (tertiary/aromatic N) is 2. The molecule has 0 aliphatic heterocycles. The predicted molar refractivity (Wildman–Crippen MR) is 67.7 cm³/mol. The predicted octanol–water partition coefficient (Wildman–Crippen LogP) is -0.282. The Bertz CT molecular complexity index is 665. The van der Waals surface area contributed by atoms with Gasteiger partial charge in [-0.25, -0.2) is 8.42 Å². The molecule has 17 heavy (non-hydrogen) atoms. The molecule has 0 saturated carbocycles. The van der Waals surface area contributed by atoms with Gasteiger partial charge in [-0.15, -0.1) is 4.83 Å². The molecule has 0 atom stereocenters. The lowest BCUT2D eigenvalue weighted by Gasteiger charge is -2.07. The van der Waals surface area contributed by atoms with Crippen LogP contribution in [0.5, 0.6) is 0 Å². The molecular formula is C7H7N5O2S3. The molecule has 0 saturated heterocycles. The molecule has 1 aromatic heterocycles. The first-order valence-corrected chi connectivity index (χ1v) is 6.91. The van der Waals surface area contributed by atoms with Crippen LogP contribution in [0.3, 0.4) is 0 Å². The second-order valence-corrected chi connectivity index (χ2v) is 5.60. The molecule has 0 aliphatic rings. The Labute approximate surface area is 106 Å². The number of nitrogens with one attached hydrogen (secondary N) is 2. The molecule has 7 nitrogen and oxygen atoms in total. The maximum absolute atomic E-state index is 11.9. The maximum atomic E-state index is 11.9. The molecule has 0 radical (unpaired) electrons. The van der Waals surface area contributed by atoms with Gasteiger partial charge in [0.1, 0.15) is 15.9 Å². The van der Waals surface area contributed by atoms with E-state index in [1.165, 1.54) is 6.07 Å². The summed E-state index contributed by atoms with van der Waals surface area (Å²) in [7, 11) is -3.78. The molecule has 0 fully saturated rings. The molecule has 0 amide bonds. The van der Waals surface area contributed by atoms with Crippen molar-refractivity contribution in [2.24, 2.45) is 5.73 Å². The first kappa shape index (κ1) is 12.1. The van der Waals surface area contributed by atoms with Crippen LogP contribution < -0.4 is 16.0 Å². The van der Waals surface area contributed by atoms with E-state index in [9.17, 15) is 8.42 Å². The fourth-order valence-corrected chi connectivity index (χ4v) is 2.91. The van der Waals surface area contributed by atoms with Crippen molar-refractivity contribution >= 4 is 50.1 Å². The zero-order valence-corrected chi connectivity index (χ0v) is 10.7. The van der Waals surface area contributed by atoms with Crippen molar-refractivity contribution < 1.29 is 8.42 Å². The highest BCUT2D eigenvalue weighted by Crippen LogP contribution is 2.20. The SMILES string of the molecule is NC(=S)NNS(=O)(=O)c1cccc2nsnc12. The smallest absolute Gasteiger partial charge is 0.259 e. The summed E-state index contributed by atoms with van der Waals surface area (Å²) in [5.41, 5.74) is 8.14. The molecule has 4 N–H and O–H groups in total. The number of hydrazine groups is 1. The third-order valence-corrected chi connectivity index (χ3v) is 3.77. The Hall–Kier alpha value is -1.36. The third-order valence-electron chi connectivity index (χ3n) is 1.85. The van der Waals surface area contributed by atoms with Crippen molar-refractivity contribution in [2.75, 3.05) is 0 Å². The number of benzene rings is 1. The van der Waals surface area contributed by atoms with Crippen molar-refractivity contribution in [1.82, 2.24) is 19.0 Å². The van der Waals surface area contributed by atoms with E-state index in [-0.39, 0.29) is 10.0 Å². The summed E-state index contributed by atoms with van der Waals surface area (Å²) in [6.45, 7) is 0. The lowest BCUT2D eigenvalue weighted by molar-refractivity contribution is 0.578. The van der Waals surface area contributed by atoms with Gasteiger partial charge in [-0.05, 0) is 24.4 Å². The minimum absolute atomic E-state index is 0.0208. The van der Waals surface area contributed by atoms with Crippen LogP contribution in [0.25, 0.3) is 11.0 Å². The van der Waals surface area contributed by atoms with Crippen LogP contribution in [0.2, 0.25) is 0 Å². The molecule has 2 rings (SSSR count). The zero-order chi connectivity index (χ0) is 12.5. The van der Waals surface area contributed by atoms with Gasteiger partial charge in [-0.2, -0.15) is 8.75 Å². The van der Waals surface area contributed by atoms with Crippen LogP contribution >= 0.6 is 23.9 Å². The Morgan fingerprint density at radius 3 is 2.88 bits per heavy atom. The van der Waals surface area contributed by atoms with Crippen molar-refractivity contribution in [3.63, 3.8) is 0 Å². The Kier molecular flexibility index (Phi) is 3.19. The fraction of sp³-hybridized carbons (Fsp3) is 0. The third kappa shape index (κ3) is 2.49. The van der Waals surface area contributed by atoms with Gasteiger partial charge in [0.2, 0.25) is 0 Å². The molecular weight excluding hydrogens is 282 g/mol. The molecule has 90 valence electrons.